The molecule has 0 aromatic carbocycles. The van der Waals surface area contributed by atoms with Crippen molar-refractivity contribution in [1.29, 1.82) is 0 Å². The van der Waals surface area contributed by atoms with E-state index >= 15 is 0 Å². The summed E-state index contributed by atoms with van der Waals surface area (Å²) in [5.74, 6) is 3.56. The molecule has 0 radical (unpaired) electrons. The standard InChI is InChI=1S/C16H23NO/c1-2-3-4-5-15(18)17-16-13-7-11-6-12(9-13)10-14(16)8-11/h2-5,11-14,16H,6-10H2,1H3,(H,17,18)/b3-2+,5-4+. The molecule has 0 aromatic rings. The van der Waals surface area contributed by atoms with Crippen LogP contribution >= 0.6 is 0 Å². The molecule has 4 rings (SSSR count). The summed E-state index contributed by atoms with van der Waals surface area (Å²) >= 11 is 0. The summed E-state index contributed by atoms with van der Waals surface area (Å²) in [5.41, 5.74) is 0. The van der Waals surface area contributed by atoms with Gasteiger partial charge in [0.25, 0.3) is 0 Å². The van der Waals surface area contributed by atoms with Gasteiger partial charge in [0, 0.05) is 12.1 Å². The maximum atomic E-state index is 11.9. The maximum Gasteiger partial charge on any atom is 0.244 e. The molecule has 4 bridgehead atoms. The van der Waals surface area contributed by atoms with E-state index in [1.165, 1.54) is 32.1 Å². The van der Waals surface area contributed by atoms with Crippen molar-refractivity contribution in [3.63, 3.8) is 0 Å². The Morgan fingerprint density at radius 2 is 1.61 bits per heavy atom. The Labute approximate surface area is 110 Å². The molecular weight excluding hydrogens is 222 g/mol. The van der Waals surface area contributed by atoms with E-state index in [0.717, 1.165) is 23.7 Å². The van der Waals surface area contributed by atoms with Crippen molar-refractivity contribution in [2.24, 2.45) is 23.7 Å². The van der Waals surface area contributed by atoms with Crippen LogP contribution in [0.5, 0.6) is 0 Å². The lowest BCUT2D eigenvalue weighted by molar-refractivity contribution is -0.120. The second-order valence-electron chi connectivity index (χ2n) is 6.35. The van der Waals surface area contributed by atoms with Crippen LogP contribution in [0.2, 0.25) is 0 Å². The average Bonchev–Trinajstić information content (AvgIpc) is 2.33. The van der Waals surface area contributed by atoms with Crippen molar-refractivity contribution in [2.75, 3.05) is 0 Å². The summed E-state index contributed by atoms with van der Waals surface area (Å²) in [6, 6.07) is 0.459. The maximum absolute atomic E-state index is 11.9. The third kappa shape index (κ3) is 2.25. The highest BCUT2D eigenvalue weighted by Gasteiger charge is 2.48. The number of nitrogens with one attached hydrogen (secondary N) is 1. The molecular formula is C16H23NO. The number of rotatable bonds is 3. The van der Waals surface area contributed by atoms with Crippen LogP contribution in [0.1, 0.15) is 39.0 Å². The van der Waals surface area contributed by atoms with Crippen LogP contribution in [0.3, 0.4) is 0 Å². The molecule has 4 saturated carbocycles. The van der Waals surface area contributed by atoms with Crippen LogP contribution in [0.4, 0.5) is 0 Å². The molecule has 0 aromatic heterocycles. The van der Waals surface area contributed by atoms with Gasteiger partial charge >= 0.3 is 0 Å². The SMILES string of the molecule is C/C=C/C=C/C(=O)NC1C2CC3CC(C2)CC1C3. The fourth-order valence-corrected chi connectivity index (χ4v) is 4.63. The Bertz CT molecular complexity index is 355. The predicted molar refractivity (Wildman–Crippen MR) is 72.9 cm³/mol. The van der Waals surface area contributed by atoms with Crippen molar-refractivity contribution in [3.8, 4) is 0 Å². The molecule has 2 heteroatoms. The second-order valence-corrected chi connectivity index (χ2v) is 6.35. The highest BCUT2D eigenvalue weighted by atomic mass is 16.1. The summed E-state index contributed by atoms with van der Waals surface area (Å²) in [5, 5.41) is 3.26. The van der Waals surface area contributed by atoms with E-state index in [9.17, 15) is 4.79 Å². The smallest absolute Gasteiger partial charge is 0.244 e. The molecule has 4 fully saturated rings. The Balaban J connectivity index is 1.61. The zero-order valence-corrected chi connectivity index (χ0v) is 11.1. The number of allylic oxidation sites excluding steroid dienone is 3. The molecule has 4 aliphatic rings. The molecule has 0 unspecified atom stereocenters. The average molecular weight is 245 g/mol. The van der Waals surface area contributed by atoms with Crippen LogP contribution < -0.4 is 5.32 Å². The summed E-state index contributed by atoms with van der Waals surface area (Å²) in [7, 11) is 0. The fourth-order valence-electron chi connectivity index (χ4n) is 4.63. The minimum atomic E-state index is 0.0885. The van der Waals surface area contributed by atoms with Gasteiger partial charge in [-0.3, -0.25) is 4.79 Å². The molecule has 4 aliphatic carbocycles. The van der Waals surface area contributed by atoms with Crippen molar-refractivity contribution in [2.45, 2.75) is 45.1 Å². The first-order valence-electron chi connectivity index (χ1n) is 7.36. The van der Waals surface area contributed by atoms with Gasteiger partial charge in [0.1, 0.15) is 0 Å². The van der Waals surface area contributed by atoms with Crippen molar-refractivity contribution in [1.82, 2.24) is 5.32 Å². The van der Waals surface area contributed by atoms with Crippen LogP contribution in [0, 0.1) is 23.7 Å². The number of amides is 1. The molecule has 2 nitrogen and oxygen atoms in total. The number of hydrogen-bond acceptors (Lipinski definition) is 1. The van der Waals surface area contributed by atoms with Crippen LogP contribution in [-0.4, -0.2) is 11.9 Å². The Morgan fingerprint density at radius 1 is 1.00 bits per heavy atom. The van der Waals surface area contributed by atoms with E-state index in [2.05, 4.69) is 5.32 Å². The number of carbonyl (C=O) groups is 1. The van der Waals surface area contributed by atoms with Gasteiger partial charge in [-0.25, -0.2) is 0 Å². The van der Waals surface area contributed by atoms with Gasteiger partial charge < -0.3 is 5.32 Å². The monoisotopic (exact) mass is 245 g/mol. The van der Waals surface area contributed by atoms with E-state index < -0.39 is 0 Å². The highest BCUT2D eigenvalue weighted by Crippen LogP contribution is 2.53. The lowest BCUT2D eigenvalue weighted by atomic mass is 9.54. The predicted octanol–water partition coefficient (Wildman–Crippen LogP) is 3.06. The van der Waals surface area contributed by atoms with Gasteiger partial charge in [0.05, 0.1) is 0 Å². The van der Waals surface area contributed by atoms with Crippen LogP contribution in [-0.2, 0) is 4.79 Å². The number of hydrogen-bond donors (Lipinski definition) is 1. The van der Waals surface area contributed by atoms with Crippen LogP contribution in [0.15, 0.2) is 24.3 Å². The molecule has 1 N–H and O–H groups in total. The fraction of sp³-hybridized carbons (Fsp3) is 0.688. The Hall–Kier alpha value is -1.05. The third-order valence-corrected chi connectivity index (χ3v) is 5.09. The van der Waals surface area contributed by atoms with Crippen molar-refractivity contribution >= 4 is 5.91 Å². The molecule has 0 spiro atoms. The van der Waals surface area contributed by atoms with Gasteiger partial charge in [-0.1, -0.05) is 18.2 Å². The summed E-state index contributed by atoms with van der Waals surface area (Å²) < 4.78 is 0. The minimum Gasteiger partial charge on any atom is -0.349 e. The molecule has 18 heavy (non-hydrogen) atoms. The second kappa shape index (κ2) is 4.91. The highest BCUT2D eigenvalue weighted by molar-refractivity contribution is 5.88. The topological polar surface area (TPSA) is 29.1 Å². The van der Waals surface area contributed by atoms with Gasteiger partial charge in [-0.05, 0) is 62.7 Å². The van der Waals surface area contributed by atoms with E-state index in [1.54, 1.807) is 6.08 Å². The normalized spacial score (nSPS) is 41.9. The summed E-state index contributed by atoms with van der Waals surface area (Å²) in [6.07, 6.45) is 14.2. The summed E-state index contributed by atoms with van der Waals surface area (Å²) in [6.45, 7) is 1.96. The van der Waals surface area contributed by atoms with Crippen LogP contribution in [0.25, 0.3) is 0 Å². The van der Waals surface area contributed by atoms with Gasteiger partial charge in [-0.2, -0.15) is 0 Å². The van der Waals surface area contributed by atoms with E-state index in [4.69, 9.17) is 0 Å². The lowest BCUT2D eigenvalue weighted by Gasteiger charge is -2.54. The zero-order chi connectivity index (χ0) is 12.5. The number of carbonyl (C=O) groups excluding carboxylic acids is 1. The van der Waals surface area contributed by atoms with E-state index in [1.807, 2.05) is 25.2 Å². The molecule has 1 amide bonds. The van der Waals surface area contributed by atoms with Gasteiger partial charge in [0.2, 0.25) is 5.91 Å². The molecule has 0 saturated heterocycles. The zero-order valence-electron chi connectivity index (χ0n) is 11.1. The van der Waals surface area contributed by atoms with E-state index in [0.29, 0.717) is 6.04 Å². The first kappa shape index (κ1) is 12.0. The van der Waals surface area contributed by atoms with Crippen molar-refractivity contribution < 1.29 is 4.79 Å². The molecule has 98 valence electrons. The van der Waals surface area contributed by atoms with Crippen molar-refractivity contribution in [3.05, 3.63) is 24.3 Å². The molecule has 0 atom stereocenters. The van der Waals surface area contributed by atoms with Gasteiger partial charge in [0.15, 0.2) is 0 Å². The summed E-state index contributed by atoms with van der Waals surface area (Å²) in [4.78, 5) is 11.9. The van der Waals surface area contributed by atoms with Gasteiger partial charge in [-0.15, -0.1) is 0 Å². The Morgan fingerprint density at radius 3 is 2.17 bits per heavy atom. The minimum absolute atomic E-state index is 0.0885. The quantitative estimate of drug-likeness (QED) is 0.601. The molecule has 0 heterocycles. The van der Waals surface area contributed by atoms with E-state index in [-0.39, 0.29) is 5.91 Å². The first-order valence-corrected chi connectivity index (χ1v) is 7.36. The largest absolute Gasteiger partial charge is 0.349 e. The Kier molecular flexibility index (Phi) is 3.27. The lowest BCUT2D eigenvalue weighted by Crippen LogP contribution is -2.55. The first-order chi connectivity index (χ1) is 8.76. The molecule has 0 aliphatic heterocycles. The third-order valence-electron chi connectivity index (χ3n) is 5.09.